The number of rotatable bonds is 2. The number of ether oxygens (including phenoxy) is 1. The van der Waals surface area contributed by atoms with E-state index in [2.05, 4.69) is 9.83 Å². The second-order valence-corrected chi connectivity index (χ2v) is 5.33. The van der Waals surface area contributed by atoms with Gasteiger partial charge in [-0.15, -0.1) is 0 Å². The van der Waals surface area contributed by atoms with Crippen LogP contribution in [0.1, 0.15) is 29.1 Å². The summed E-state index contributed by atoms with van der Waals surface area (Å²) in [6, 6.07) is 3.07. The van der Waals surface area contributed by atoms with Crippen molar-refractivity contribution in [2.24, 2.45) is 0 Å². The highest BCUT2D eigenvalue weighted by Crippen LogP contribution is 2.56. The first-order chi connectivity index (χ1) is 11.3. The van der Waals surface area contributed by atoms with Gasteiger partial charge in [0.05, 0.1) is 12.8 Å². The summed E-state index contributed by atoms with van der Waals surface area (Å²) in [4.78, 5) is 6.87. The third kappa shape index (κ3) is 2.37. The highest BCUT2D eigenvalue weighted by atomic mass is 19.3. The van der Waals surface area contributed by atoms with Crippen molar-refractivity contribution in [2.45, 2.75) is 25.1 Å². The molecule has 1 aliphatic rings. The number of nitrogens with zero attached hydrogens (tertiary/aromatic N) is 2. The Kier molecular flexibility index (Phi) is 3.68. The van der Waals surface area contributed by atoms with Crippen LogP contribution in [-0.4, -0.2) is 16.0 Å². The monoisotopic (exact) mass is 338 g/mol. The van der Waals surface area contributed by atoms with Gasteiger partial charge in [0.2, 0.25) is 0 Å². The second kappa shape index (κ2) is 5.46. The third-order valence-corrected chi connectivity index (χ3v) is 3.76. The Bertz CT molecular complexity index is 864. The molecule has 4 nitrogen and oxygen atoms in total. The molecule has 24 heavy (non-hydrogen) atoms. The van der Waals surface area contributed by atoms with Crippen molar-refractivity contribution in [3.63, 3.8) is 0 Å². The smallest absolute Gasteiger partial charge is 0.312 e. The normalized spacial score (nSPS) is 21.2. The zero-order valence-corrected chi connectivity index (χ0v) is 12.2. The molecular formula is C16H10F4N2O2. The number of aliphatic hydroxyl groups excluding tert-OH is 1. The lowest BCUT2D eigenvalue weighted by Crippen LogP contribution is -2.24. The Morgan fingerprint density at radius 3 is 2.67 bits per heavy atom. The van der Waals surface area contributed by atoms with Crippen molar-refractivity contribution in [1.29, 1.82) is 0 Å². The number of pyridine rings is 1. The van der Waals surface area contributed by atoms with Crippen molar-refractivity contribution < 1.29 is 27.4 Å². The Morgan fingerprint density at radius 1 is 1.29 bits per heavy atom. The number of benzene rings is 1. The Labute approximate surface area is 134 Å². The molecule has 0 aliphatic heterocycles. The molecule has 2 aromatic rings. The Hall–Kier alpha value is -2.66. The molecule has 0 amide bonds. The van der Waals surface area contributed by atoms with Gasteiger partial charge in [0.25, 0.3) is 0 Å². The van der Waals surface area contributed by atoms with Crippen molar-refractivity contribution in [2.75, 3.05) is 0 Å². The summed E-state index contributed by atoms with van der Waals surface area (Å²) in [6.45, 7) is 8.24. The Balaban J connectivity index is 2.10. The topological polar surface area (TPSA) is 46.7 Å². The summed E-state index contributed by atoms with van der Waals surface area (Å²) in [5.41, 5.74) is -0.880. The van der Waals surface area contributed by atoms with E-state index in [-0.39, 0.29) is 28.4 Å². The van der Waals surface area contributed by atoms with E-state index in [4.69, 9.17) is 11.3 Å². The second-order valence-electron chi connectivity index (χ2n) is 5.33. The number of alkyl halides is 3. The van der Waals surface area contributed by atoms with Gasteiger partial charge in [-0.2, -0.15) is 8.78 Å². The molecule has 3 rings (SSSR count). The zero-order valence-electron chi connectivity index (χ0n) is 12.2. The van der Waals surface area contributed by atoms with E-state index in [0.29, 0.717) is 0 Å². The summed E-state index contributed by atoms with van der Waals surface area (Å²) in [5, 5.41) is 9.69. The van der Waals surface area contributed by atoms with E-state index in [1.807, 2.05) is 0 Å². The standard InChI is InChI=1S/C16H10F4N2O2/c1-7-12-13(14(18)16(19,20)15(12)23)11(6-22-7)24-10-4-8(17)3-9(5-10)21-2/h3-6,14-15,23H,1H3/t14-,15+/m1/s1. The van der Waals surface area contributed by atoms with Gasteiger partial charge in [0, 0.05) is 22.9 Å². The molecule has 1 aliphatic carbocycles. The van der Waals surface area contributed by atoms with Crippen molar-refractivity contribution >= 4 is 5.69 Å². The van der Waals surface area contributed by atoms with E-state index in [1.165, 1.54) is 13.0 Å². The van der Waals surface area contributed by atoms with Crippen molar-refractivity contribution in [3.05, 3.63) is 58.5 Å². The van der Waals surface area contributed by atoms with Crippen LogP contribution in [0.15, 0.2) is 24.4 Å². The van der Waals surface area contributed by atoms with Gasteiger partial charge in [-0.3, -0.25) is 4.98 Å². The fourth-order valence-corrected chi connectivity index (χ4v) is 2.63. The molecule has 0 saturated heterocycles. The molecule has 0 radical (unpaired) electrons. The molecule has 1 N–H and O–H groups in total. The van der Waals surface area contributed by atoms with Crippen LogP contribution in [0.5, 0.6) is 11.5 Å². The fraction of sp³-hybridized carbons (Fsp3) is 0.250. The highest BCUT2D eigenvalue weighted by Gasteiger charge is 2.58. The number of halogens is 4. The molecule has 0 bridgehead atoms. The number of aliphatic hydroxyl groups is 1. The number of aryl methyl sites for hydroxylation is 1. The van der Waals surface area contributed by atoms with Crippen LogP contribution >= 0.6 is 0 Å². The molecular weight excluding hydrogens is 328 g/mol. The fourth-order valence-electron chi connectivity index (χ4n) is 2.63. The number of hydrogen-bond donors (Lipinski definition) is 1. The van der Waals surface area contributed by atoms with Crippen LogP contribution in [0, 0.1) is 19.3 Å². The predicted molar refractivity (Wildman–Crippen MR) is 75.5 cm³/mol. The summed E-state index contributed by atoms with van der Waals surface area (Å²) >= 11 is 0. The lowest BCUT2D eigenvalue weighted by atomic mass is 10.1. The number of fused-ring (bicyclic) bond motifs is 1. The van der Waals surface area contributed by atoms with Crippen molar-refractivity contribution in [1.82, 2.24) is 4.98 Å². The van der Waals surface area contributed by atoms with Crippen LogP contribution < -0.4 is 4.74 Å². The summed E-state index contributed by atoms with van der Waals surface area (Å²) < 4.78 is 60.5. The first-order valence-electron chi connectivity index (χ1n) is 6.81. The number of aromatic nitrogens is 1. The molecule has 0 spiro atoms. The first kappa shape index (κ1) is 16.2. The number of hydrogen-bond acceptors (Lipinski definition) is 3. The summed E-state index contributed by atoms with van der Waals surface area (Å²) in [6.07, 6.45) is -4.10. The Morgan fingerprint density at radius 2 is 2.00 bits per heavy atom. The van der Waals surface area contributed by atoms with E-state index < -0.39 is 29.6 Å². The maximum absolute atomic E-state index is 14.2. The highest BCUT2D eigenvalue weighted by molar-refractivity contribution is 5.53. The summed E-state index contributed by atoms with van der Waals surface area (Å²) in [7, 11) is 0. The molecule has 8 heteroatoms. The van der Waals surface area contributed by atoms with E-state index >= 15 is 0 Å². The van der Waals surface area contributed by atoms with Gasteiger partial charge >= 0.3 is 5.92 Å². The van der Waals surface area contributed by atoms with Crippen molar-refractivity contribution in [3.8, 4) is 11.5 Å². The molecule has 1 aromatic heterocycles. The van der Waals surface area contributed by atoms with Crippen LogP contribution in [-0.2, 0) is 0 Å². The molecule has 0 unspecified atom stereocenters. The van der Waals surface area contributed by atoms with Gasteiger partial charge in [-0.25, -0.2) is 13.6 Å². The van der Waals surface area contributed by atoms with Gasteiger partial charge in [0.1, 0.15) is 17.7 Å². The average molecular weight is 338 g/mol. The molecule has 1 heterocycles. The van der Waals surface area contributed by atoms with E-state index in [0.717, 1.165) is 18.3 Å². The van der Waals surface area contributed by atoms with E-state index in [9.17, 15) is 22.7 Å². The molecule has 0 fully saturated rings. The molecule has 1 aromatic carbocycles. The van der Waals surface area contributed by atoms with E-state index in [1.54, 1.807) is 0 Å². The molecule has 2 atom stereocenters. The molecule has 124 valence electrons. The van der Waals surface area contributed by atoms with Gasteiger partial charge < -0.3 is 9.84 Å². The minimum Gasteiger partial charge on any atom is -0.457 e. The largest absolute Gasteiger partial charge is 0.457 e. The van der Waals surface area contributed by atoms with Gasteiger partial charge in [0.15, 0.2) is 17.6 Å². The first-order valence-corrected chi connectivity index (χ1v) is 6.81. The van der Waals surface area contributed by atoms with Gasteiger partial charge in [-0.05, 0) is 19.1 Å². The lowest BCUT2D eigenvalue weighted by molar-refractivity contribution is -0.143. The SMILES string of the molecule is [C-]#[N+]c1cc(F)cc(Oc2cnc(C)c3c2[C@@H](F)C(F)(F)[C@H]3O)c1. The minimum atomic E-state index is -4.02. The third-order valence-electron chi connectivity index (χ3n) is 3.76. The average Bonchev–Trinajstić information content (AvgIpc) is 2.71. The summed E-state index contributed by atoms with van der Waals surface area (Å²) in [5.74, 6) is -5.30. The maximum atomic E-state index is 14.2. The van der Waals surface area contributed by atoms with Gasteiger partial charge in [-0.1, -0.05) is 0 Å². The van der Waals surface area contributed by atoms with Crippen LogP contribution in [0.25, 0.3) is 4.85 Å². The molecule has 0 saturated carbocycles. The predicted octanol–water partition coefficient (Wildman–Crippen LogP) is 4.57. The minimum absolute atomic E-state index is 0.0470. The maximum Gasteiger partial charge on any atom is 0.312 e. The quantitative estimate of drug-likeness (QED) is 0.645. The van der Waals surface area contributed by atoms with Crippen LogP contribution in [0.4, 0.5) is 23.2 Å². The van der Waals surface area contributed by atoms with Crippen LogP contribution in [0.3, 0.4) is 0 Å². The zero-order chi connectivity index (χ0) is 17.6. The van der Waals surface area contributed by atoms with Crippen LogP contribution in [0.2, 0.25) is 0 Å². The lowest BCUT2D eigenvalue weighted by Gasteiger charge is -2.16.